The molecule has 0 radical (unpaired) electrons. The van der Waals surface area contributed by atoms with Crippen molar-refractivity contribution in [1.29, 1.82) is 0 Å². The van der Waals surface area contributed by atoms with Crippen molar-refractivity contribution in [2.75, 3.05) is 0 Å². The summed E-state index contributed by atoms with van der Waals surface area (Å²) < 4.78 is 4.76. The number of para-hydroxylation sites is 2. The Labute approximate surface area is 340 Å². The Morgan fingerprint density at radius 3 is 1.98 bits per heavy atom. The number of benzene rings is 7. The first-order valence-corrected chi connectivity index (χ1v) is 20.5. The molecule has 0 amide bonds. The molecule has 274 valence electrons. The van der Waals surface area contributed by atoms with Crippen LogP contribution >= 0.6 is 11.3 Å². The van der Waals surface area contributed by atoms with Crippen LogP contribution in [0.5, 0.6) is 0 Å². The van der Waals surface area contributed by atoms with Crippen LogP contribution in [-0.4, -0.2) is 19.5 Å². The molecule has 3 heterocycles. The Bertz CT molecular complexity index is 3280. The lowest BCUT2D eigenvalue weighted by molar-refractivity contribution is 1.08. The maximum atomic E-state index is 5.30. The predicted molar refractivity (Wildman–Crippen MR) is 244 cm³/mol. The van der Waals surface area contributed by atoms with E-state index >= 15 is 0 Å². The summed E-state index contributed by atoms with van der Waals surface area (Å²) in [6, 6.07) is 60.2. The Balaban J connectivity index is 1.09. The fourth-order valence-corrected chi connectivity index (χ4v) is 9.57. The lowest BCUT2D eigenvalue weighted by Gasteiger charge is -2.12. The van der Waals surface area contributed by atoms with Gasteiger partial charge in [0.15, 0.2) is 17.5 Å². The highest BCUT2D eigenvalue weighted by molar-refractivity contribution is 7.26. The topological polar surface area (TPSA) is 43.6 Å². The molecule has 5 heteroatoms. The molecule has 0 saturated heterocycles. The molecule has 58 heavy (non-hydrogen) atoms. The van der Waals surface area contributed by atoms with E-state index in [-0.39, 0.29) is 0 Å². The van der Waals surface area contributed by atoms with E-state index < -0.39 is 0 Å². The van der Waals surface area contributed by atoms with Gasteiger partial charge in [0.05, 0.1) is 11.0 Å². The highest BCUT2D eigenvalue weighted by Crippen LogP contribution is 2.40. The van der Waals surface area contributed by atoms with Crippen LogP contribution < -0.4 is 0 Å². The van der Waals surface area contributed by atoms with E-state index in [0.717, 1.165) is 51.8 Å². The molecule has 0 fully saturated rings. The zero-order valence-corrected chi connectivity index (χ0v) is 32.4. The summed E-state index contributed by atoms with van der Waals surface area (Å²) in [5.74, 6) is 1.94. The molecular weight excluding hydrogens is 725 g/mol. The van der Waals surface area contributed by atoms with E-state index in [9.17, 15) is 0 Å². The van der Waals surface area contributed by atoms with Crippen LogP contribution in [0.4, 0.5) is 0 Å². The molecule has 1 aliphatic carbocycles. The van der Waals surface area contributed by atoms with Gasteiger partial charge < -0.3 is 4.57 Å². The van der Waals surface area contributed by atoms with Crippen molar-refractivity contribution in [1.82, 2.24) is 19.5 Å². The van der Waals surface area contributed by atoms with Crippen molar-refractivity contribution < 1.29 is 0 Å². The Morgan fingerprint density at radius 1 is 0.466 bits per heavy atom. The predicted octanol–water partition coefficient (Wildman–Crippen LogP) is 14.2. The molecule has 11 rings (SSSR count). The van der Waals surface area contributed by atoms with E-state index in [4.69, 9.17) is 15.0 Å². The zero-order valence-electron chi connectivity index (χ0n) is 31.6. The second kappa shape index (κ2) is 14.4. The van der Waals surface area contributed by atoms with Crippen molar-refractivity contribution in [3.8, 4) is 39.9 Å². The molecule has 0 atom stereocenters. The van der Waals surface area contributed by atoms with Gasteiger partial charge in [-0.2, -0.15) is 0 Å². The van der Waals surface area contributed by atoms with Crippen molar-refractivity contribution in [3.63, 3.8) is 0 Å². The number of nitrogens with zero attached hydrogens (tertiary/aromatic N) is 4. The average molecular weight is 761 g/mol. The van der Waals surface area contributed by atoms with E-state index in [1.165, 1.54) is 47.7 Å². The molecule has 7 aromatic carbocycles. The van der Waals surface area contributed by atoms with Crippen molar-refractivity contribution in [2.24, 2.45) is 0 Å². The first-order valence-electron chi connectivity index (χ1n) is 19.7. The largest absolute Gasteiger partial charge is 0.309 e. The average Bonchev–Trinajstić information content (AvgIpc) is 3.83. The Kier molecular flexibility index (Phi) is 8.45. The van der Waals surface area contributed by atoms with Gasteiger partial charge in [0.2, 0.25) is 0 Å². The SMILES string of the molecule is C1=C/C(c2cccc(-c3nc(-c4ccc5c6ccccc6n(-c6ccccc6)c5c4)nc(-c4cccc5c4sc4ccccc45)n3)c2)=C\C/C(c2ccccc2)=C/C1. The molecule has 4 nitrogen and oxygen atoms in total. The first kappa shape index (κ1) is 34.1. The minimum absolute atomic E-state index is 0.637. The van der Waals surface area contributed by atoms with Gasteiger partial charge in [-0.15, -0.1) is 11.3 Å². The monoisotopic (exact) mass is 760 g/mol. The van der Waals surface area contributed by atoms with Gasteiger partial charge in [0.25, 0.3) is 0 Å². The fourth-order valence-electron chi connectivity index (χ4n) is 8.36. The normalized spacial score (nSPS) is 15.0. The number of fused-ring (bicyclic) bond motifs is 6. The molecule has 0 N–H and O–H groups in total. The van der Waals surface area contributed by atoms with Crippen molar-refractivity contribution in [2.45, 2.75) is 12.8 Å². The van der Waals surface area contributed by atoms with Crippen LogP contribution in [0, 0.1) is 0 Å². The molecule has 3 aromatic heterocycles. The maximum absolute atomic E-state index is 5.30. The number of allylic oxidation sites excluding steroid dienone is 6. The fraction of sp³-hybridized carbons (Fsp3) is 0.0377. The second-order valence-electron chi connectivity index (χ2n) is 14.7. The van der Waals surface area contributed by atoms with Crippen LogP contribution in [0.1, 0.15) is 24.0 Å². The van der Waals surface area contributed by atoms with Gasteiger partial charge in [-0.25, -0.2) is 15.0 Å². The van der Waals surface area contributed by atoms with Gasteiger partial charge in [-0.3, -0.25) is 0 Å². The summed E-state index contributed by atoms with van der Waals surface area (Å²) in [5, 5.41) is 4.86. The molecule has 1 aliphatic rings. The molecule has 0 aliphatic heterocycles. The van der Waals surface area contributed by atoms with Crippen LogP contribution in [-0.2, 0) is 0 Å². The summed E-state index contributed by atoms with van der Waals surface area (Å²) in [4.78, 5) is 15.9. The third-order valence-corrected chi connectivity index (χ3v) is 12.4. The quantitative estimate of drug-likeness (QED) is 0.169. The molecule has 10 aromatic rings. The zero-order chi connectivity index (χ0) is 38.4. The maximum Gasteiger partial charge on any atom is 0.165 e. The number of rotatable bonds is 6. The summed E-state index contributed by atoms with van der Waals surface area (Å²) in [6.45, 7) is 0. The molecular formula is C53H36N4S. The summed E-state index contributed by atoms with van der Waals surface area (Å²) in [6.07, 6.45) is 10.9. The Hall–Kier alpha value is -7.21. The van der Waals surface area contributed by atoms with Crippen LogP contribution in [0.2, 0.25) is 0 Å². The molecule has 0 unspecified atom stereocenters. The summed E-state index contributed by atoms with van der Waals surface area (Å²) in [5.41, 5.74) is 11.2. The number of hydrogen-bond donors (Lipinski definition) is 0. The molecule has 0 saturated carbocycles. The number of aromatic nitrogens is 4. The van der Waals surface area contributed by atoms with Gasteiger partial charge in [-0.1, -0.05) is 152 Å². The number of thiophene rings is 1. The van der Waals surface area contributed by atoms with Crippen LogP contribution in [0.3, 0.4) is 0 Å². The van der Waals surface area contributed by atoms with Crippen molar-refractivity contribution in [3.05, 3.63) is 205 Å². The van der Waals surface area contributed by atoms with E-state index in [2.05, 4.69) is 199 Å². The highest BCUT2D eigenvalue weighted by Gasteiger charge is 2.19. The molecule has 0 bridgehead atoms. The summed E-state index contributed by atoms with van der Waals surface area (Å²) in [7, 11) is 0. The third-order valence-electron chi connectivity index (χ3n) is 11.2. The van der Waals surface area contributed by atoms with Gasteiger partial charge >= 0.3 is 0 Å². The highest BCUT2D eigenvalue weighted by atomic mass is 32.1. The number of hydrogen-bond acceptors (Lipinski definition) is 4. The van der Waals surface area contributed by atoms with Gasteiger partial charge in [0, 0.05) is 53.3 Å². The van der Waals surface area contributed by atoms with E-state index in [0.29, 0.717) is 17.5 Å². The minimum Gasteiger partial charge on any atom is -0.309 e. The molecule has 0 spiro atoms. The lowest BCUT2D eigenvalue weighted by atomic mass is 9.95. The van der Waals surface area contributed by atoms with E-state index in [1.807, 2.05) is 0 Å². The smallest absolute Gasteiger partial charge is 0.165 e. The van der Waals surface area contributed by atoms with Crippen LogP contribution in [0.15, 0.2) is 194 Å². The third kappa shape index (κ3) is 6.04. The Morgan fingerprint density at radius 2 is 1.12 bits per heavy atom. The van der Waals surface area contributed by atoms with Crippen LogP contribution in [0.25, 0.3) is 93.0 Å². The van der Waals surface area contributed by atoms with E-state index in [1.54, 1.807) is 11.3 Å². The minimum atomic E-state index is 0.637. The van der Waals surface area contributed by atoms with Crippen molar-refractivity contribution >= 4 is 64.5 Å². The standard InChI is InChI=1S/C53H36N4S/c1-3-15-35(16-4-1)36-17-7-8-18-37(30-29-36)38-19-13-20-39(33-38)51-54-52(56-53(55-51)46-26-14-25-45-44-24-10-12-28-49(44)58-50(45)46)40-31-32-43-42-23-9-11-27-47(42)57(48(43)34-40)41-21-5-2-6-22-41/h1-6,8-28,30-34H,7,29H2/b18-8?,36-17-,37-30+. The first-order chi connectivity index (χ1) is 28.7. The summed E-state index contributed by atoms with van der Waals surface area (Å²) >= 11 is 1.79. The van der Waals surface area contributed by atoms with Gasteiger partial charge in [0.1, 0.15) is 0 Å². The van der Waals surface area contributed by atoms with Gasteiger partial charge in [-0.05, 0) is 77.6 Å². The lowest BCUT2D eigenvalue weighted by Crippen LogP contribution is -2.01. The second-order valence-corrected chi connectivity index (χ2v) is 15.7.